The van der Waals surface area contributed by atoms with E-state index in [1.54, 1.807) is 0 Å². The molecule has 2 aliphatic rings. The van der Waals surface area contributed by atoms with Crippen molar-refractivity contribution in [2.75, 3.05) is 20.3 Å². The second-order valence-electron chi connectivity index (χ2n) is 8.67. The first-order valence-electron chi connectivity index (χ1n) is 11.1. The lowest BCUT2D eigenvalue weighted by molar-refractivity contribution is -0.186. The van der Waals surface area contributed by atoms with Crippen molar-refractivity contribution in [3.05, 3.63) is 59.7 Å². The summed E-state index contributed by atoms with van der Waals surface area (Å²) in [5, 5.41) is 12.6. The Morgan fingerprint density at radius 1 is 1.03 bits per heavy atom. The Morgan fingerprint density at radius 2 is 1.61 bits per heavy atom. The molecule has 2 N–H and O–H groups in total. The van der Waals surface area contributed by atoms with Crippen molar-refractivity contribution in [3.8, 4) is 11.1 Å². The minimum atomic E-state index is -1.16. The van der Waals surface area contributed by atoms with Crippen LogP contribution in [-0.2, 0) is 19.2 Å². The van der Waals surface area contributed by atoms with E-state index in [1.807, 2.05) is 24.3 Å². The zero-order chi connectivity index (χ0) is 23.4. The van der Waals surface area contributed by atoms with Crippen LogP contribution in [0.3, 0.4) is 0 Å². The molecule has 0 saturated heterocycles. The second-order valence-corrected chi connectivity index (χ2v) is 8.67. The Morgan fingerprint density at radius 3 is 2.18 bits per heavy atom. The number of fused-ring (bicyclic) bond motifs is 3. The number of benzene rings is 2. The van der Waals surface area contributed by atoms with E-state index in [-0.39, 0.29) is 18.9 Å². The third-order valence-electron chi connectivity index (χ3n) is 6.49. The van der Waals surface area contributed by atoms with Crippen LogP contribution < -0.4 is 5.32 Å². The van der Waals surface area contributed by atoms with E-state index in [2.05, 4.69) is 29.6 Å². The van der Waals surface area contributed by atoms with Gasteiger partial charge in [-0.3, -0.25) is 9.63 Å². The van der Waals surface area contributed by atoms with Gasteiger partial charge in [0.25, 0.3) is 0 Å². The Labute approximate surface area is 192 Å². The molecule has 0 bridgehead atoms. The van der Waals surface area contributed by atoms with Crippen LogP contribution in [0.4, 0.5) is 4.79 Å². The summed E-state index contributed by atoms with van der Waals surface area (Å²) in [5.41, 5.74) is 3.86. The predicted molar refractivity (Wildman–Crippen MR) is 120 cm³/mol. The molecule has 2 aliphatic carbocycles. The zero-order valence-corrected chi connectivity index (χ0v) is 18.6. The minimum Gasteiger partial charge on any atom is -0.479 e. The number of amides is 2. The summed E-state index contributed by atoms with van der Waals surface area (Å²) in [6.45, 7) is -0.402. The number of carboxylic acids is 1. The van der Waals surface area contributed by atoms with E-state index >= 15 is 0 Å². The molecule has 0 aromatic heterocycles. The summed E-state index contributed by atoms with van der Waals surface area (Å²) >= 11 is 0. The van der Waals surface area contributed by atoms with Gasteiger partial charge in [0.15, 0.2) is 6.61 Å². The van der Waals surface area contributed by atoms with Crippen LogP contribution in [0, 0.1) is 0 Å². The van der Waals surface area contributed by atoms with Gasteiger partial charge in [0.1, 0.15) is 6.61 Å². The highest BCUT2D eigenvalue weighted by Gasteiger charge is 2.39. The Bertz CT molecular complexity index is 1000. The smallest absolute Gasteiger partial charge is 0.407 e. The number of hydrogen-bond acceptors (Lipinski definition) is 5. The summed E-state index contributed by atoms with van der Waals surface area (Å²) in [5.74, 6) is -1.60. The molecule has 0 atom stereocenters. The molecule has 2 aromatic carbocycles. The Balaban J connectivity index is 1.39. The van der Waals surface area contributed by atoms with Crippen LogP contribution in [0.25, 0.3) is 11.1 Å². The van der Waals surface area contributed by atoms with Crippen molar-refractivity contribution < 1.29 is 29.1 Å². The highest BCUT2D eigenvalue weighted by Crippen LogP contribution is 2.44. The van der Waals surface area contributed by atoms with Gasteiger partial charge in [0.05, 0.1) is 12.0 Å². The summed E-state index contributed by atoms with van der Waals surface area (Å²) in [4.78, 5) is 41.0. The fourth-order valence-electron chi connectivity index (χ4n) is 4.87. The molecular formula is C25H28N2O6. The molecule has 0 spiro atoms. The van der Waals surface area contributed by atoms with E-state index in [0.717, 1.165) is 40.2 Å². The molecule has 2 amide bonds. The Kier molecular flexibility index (Phi) is 6.65. The van der Waals surface area contributed by atoms with E-state index in [9.17, 15) is 14.4 Å². The van der Waals surface area contributed by atoms with Gasteiger partial charge in [0, 0.05) is 13.0 Å². The summed E-state index contributed by atoms with van der Waals surface area (Å²) in [7, 11) is 1.38. The largest absolute Gasteiger partial charge is 0.479 e. The fourth-order valence-corrected chi connectivity index (χ4v) is 4.87. The monoisotopic (exact) mass is 452 g/mol. The van der Waals surface area contributed by atoms with Crippen LogP contribution in [0.2, 0.25) is 0 Å². The normalized spacial score (nSPS) is 16.0. The van der Waals surface area contributed by atoms with Crippen molar-refractivity contribution in [2.45, 2.75) is 43.6 Å². The first-order chi connectivity index (χ1) is 15.9. The topological polar surface area (TPSA) is 105 Å². The van der Waals surface area contributed by atoms with Gasteiger partial charge < -0.3 is 15.2 Å². The van der Waals surface area contributed by atoms with Crippen molar-refractivity contribution in [2.24, 2.45) is 0 Å². The number of alkyl carbamates (subject to hydrolysis) is 1. The van der Waals surface area contributed by atoms with Gasteiger partial charge in [-0.05, 0) is 35.1 Å². The molecule has 2 aromatic rings. The molecule has 1 saturated carbocycles. The maximum atomic E-state index is 12.8. The van der Waals surface area contributed by atoms with Crippen LogP contribution >= 0.6 is 0 Å². The van der Waals surface area contributed by atoms with Crippen LogP contribution in [0.1, 0.15) is 49.1 Å². The number of carbonyl (C=O) groups is 3. The van der Waals surface area contributed by atoms with Gasteiger partial charge in [-0.2, -0.15) is 0 Å². The van der Waals surface area contributed by atoms with Gasteiger partial charge in [-0.25, -0.2) is 14.7 Å². The molecule has 8 heteroatoms. The van der Waals surface area contributed by atoms with Crippen molar-refractivity contribution in [1.82, 2.24) is 10.4 Å². The molecule has 4 rings (SSSR count). The number of nitrogens with one attached hydrogen (secondary N) is 1. The lowest BCUT2D eigenvalue weighted by Crippen LogP contribution is -2.50. The van der Waals surface area contributed by atoms with Crippen molar-refractivity contribution in [3.63, 3.8) is 0 Å². The van der Waals surface area contributed by atoms with Gasteiger partial charge >= 0.3 is 12.1 Å². The van der Waals surface area contributed by atoms with Crippen LogP contribution in [0.5, 0.6) is 0 Å². The maximum Gasteiger partial charge on any atom is 0.407 e. The molecular weight excluding hydrogens is 424 g/mol. The standard InChI is InChI=1S/C25H28N2O6/c1-27(33-16-23(29)30)22(28)14-25(12-6-7-13-25)26-24(31)32-15-21-19-10-4-2-8-17(19)18-9-3-5-11-20(18)21/h2-5,8-11,21H,6-7,12-16H2,1H3,(H,26,31)(H,29,30). The minimum absolute atomic E-state index is 0.0211. The van der Waals surface area contributed by atoms with E-state index in [1.165, 1.54) is 7.05 Å². The number of rotatable bonds is 8. The highest BCUT2D eigenvalue weighted by atomic mass is 16.7. The van der Waals surface area contributed by atoms with Crippen molar-refractivity contribution >= 4 is 18.0 Å². The van der Waals surface area contributed by atoms with Crippen LogP contribution in [0.15, 0.2) is 48.5 Å². The zero-order valence-electron chi connectivity index (χ0n) is 18.6. The first-order valence-corrected chi connectivity index (χ1v) is 11.1. The summed E-state index contributed by atoms with van der Waals surface area (Å²) in [6.07, 6.45) is 2.53. The molecule has 0 heterocycles. The number of hydroxylamine groups is 2. The summed E-state index contributed by atoms with van der Waals surface area (Å²) in [6, 6.07) is 16.3. The average molecular weight is 453 g/mol. The van der Waals surface area contributed by atoms with Crippen molar-refractivity contribution in [1.29, 1.82) is 0 Å². The van der Waals surface area contributed by atoms with E-state index in [0.29, 0.717) is 12.8 Å². The average Bonchev–Trinajstić information content (AvgIpc) is 3.38. The lowest BCUT2D eigenvalue weighted by atomic mass is 9.93. The quantitative estimate of drug-likeness (QED) is 0.592. The highest BCUT2D eigenvalue weighted by molar-refractivity contribution is 5.80. The molecule has 0 aliphatic heterocycles. The predicted octanol–water partition coefficient (Wildman–Crippen LogP) is 3.70. The maximum absolute atomic E-state index is 12.8. The van der Waals surface area contributed by atoms with Gasteiger partial charge in [-0.1, -0.05) is 61.4 Å². The number of ether oxygens (including phenoxy) is 1. The molecule has 174 valence electrons. The molecule has 0 unspecified atom stereocenters. The number of aliphatic carboxylic acids is 1. The molecule has 8 nitrogen and oxygen atoms in total. The number of carbonyl (C=O) groups excluding carboxylic acids is 2. The van der Waals surface area contributed by atoms with Gasteiger partial charge in [0.2, 0.25) is 5.91 Å². The second kappa shape index (κ2) is 9.62. The molecule has 1 fully saturated rings. The lowest BCUT2D eigenvalue weighted by Gasteiger charge is -2.31. The van der Waals surface area contributed by atoms with E-state index < -0.39 is 30.1 Å². The van der Waals surface area contributed by atoms with E-state index in [4.69, 9.17) is 14.7 Å². The number of nitrogens with zero attached hydrogens (tertiary/aromatic N) is 1. The van der Waals surface area contributed by atoms with Crippen LogP contribution in [-0.4, -0.2) is 53.9 Å². The number of hydrogen-bond donors (Lipinski definition) is 2. The summed E-state index contributed by atoms with van der Waals surface area (Å²) < 4.78 is 5.66. The number of carboxylic acid groups (broad SMARTS) is 1. The molecule has 0 radical (unpaired) electrons. The Hall–Kier alpha value is -3.39. The fraction of sp³-hybridized carbons (Fsp3) is 0.400. The third-order valence-corrected chi connectivity index (χ3v) is 6.49. The third kappa shape index (κ3) is 5.01. The molecule has 33 heavy (non-hydrogen) atoms. The first kappa shape index (κ1) is 22.8. The SMILES string of the molecule is CN(OCC(=O)O)C(=O)CC1(NC(=O)OCC2c3ccccc3-c3ccccc32)CCCC1. The van der Waals surface area contributed by atoms with Gasteiger partial charge in [-0.15, -0.1) is 0 Å².